The summed E-state index contributed by atoms with van der Waals surface area (Å²) in [6.07, 6.45) is 1.64. The normalized spacial score (nSPS) is 10.2. The first-order chi connectivity index (χ1) is 9.15. The van der Waals surface area contributed by atoms with E-state index in [1.807, 2.05) is 0 Å². The van der Waals surface area contributed by atoms with E-state index in [4.69, 9.17) is 17.3 Å². The Morgan fingerprint density at radius 3 is 2.74 bits per heavy atom. The number of hydrogen-bond donors (Lipinski definition) is 2. The zero-order valence-corrected chi connectivity index (χ0v) is 11.5. The average molecular weight is 294 g/mol. The highest BCUT2D eigenvalue weighted by Gasteiger charge is 2.06. The van der Waals surface area contributed by atoms with E-state index in [1.165, 1.54) is 11.8 Å². The fourth-order valence-electron chi connectivity index (χ4n) is 1.37. The second-order valence-electron chi connectivity index (χ2n) is 3.75. The quantitative estimate of drug-likeness (QED) is 0.671. The fraction of sp³-hybridized carbons (Fsp3) is 0.0769. The van der Waals surface area contributed by atoms with Crippen molar-refractivity contribution in [3.05, 3.63) is 47.6 Å². The molecule has 19 heavy (non-hydrogen) atoms. The first-order valence-electron chi connectivity index (χ1n) is 5.54. The van der Waals surface area contributed by atoms with Gasteiger partial charge in [-0.05, 0) is 36.4 Å². The van der Waals surface area contributed by atoms with Crippen LogP contribution in [0.4, 0.5) is 11.4 Å². The van der Waals surface area contributed by atoms with Gasteiger partial charge in [0.2, 0.25) is 5.91 Å². The minimum Gasteiger partial charge on any atom is -0.399 e. The Morgan fingerprint density at radius 1 is 1.32 bits per heavy atom. The van der Waals surface area contributed by atoms with Crippen LogP contribution in [0.1, 0.15) is 0 Å². The van der Waals surface area contributed by atoms with Gasteiger partial charge in [-0.3, -0.25) is 4.79 Å². The number of hydrogen-bond acceptors (Lipinski definition) is 4. The van der Waals surface area contributed by atoms with E-state index in [-0.39, 0.29) is 11.7 Å². The molecule has 0 spiro atoms. The molecule has 3 N–H and O–H groups in total. The molecule has 0 aliphatic rings. The SMILES string of the molecule is Nc1ccc(NC(=O)CSc2ncccc2Cl)cc1. The Kier molecular flexibility index (Phi) is 4.65. The minimum atomic E-state index is -0.114. The number of nitrogens with one attached hydrogen (secondary N) is 1. The van der Waals surface area contributed by atoms with Gasteiger partial charge in [0.05, 0.1) is 10.8 Å². The van der Waals surface area contributed by atoms with Crippen LogP contribution in [0.5, 0.6) is 0 Å². The van der Waals surface area contributed by atoms with Gasteiger partial charge in [0.1, 0.15) is 5.03 Å². The molecule has 0 aliphatic carbocycles. The molecule has 98 valence electrons. The number of aromatic nitrogens is 1. The smallest absolute Gasteiger partial charge is 0.234 e. The second kappa shape index (κ2) is 6.45. The maximum absolute atomic E-state index is 11.7. The topological polar surface area (TPSA) is 68.0 Å². The number of nitrogens with two attached hydrogens (primary N) is 1. The molecule has 1 aromatic heterocycles. The van der Waals surface area contributed by atoms with E-state index >= 15 is 0 Å². The Morgan fingerprint density at radius 2 is 2.05 bits per heavy atom. The molecule has 2 aromatic rings. The number of anilines is 2. The number of carbonyl (C=O) groups is 1. The van der Waals surface area contributed by atoms with Crippen LogP contribution in [-0.2, 0) is 4.79 Å². The molecular weight excluding hydrogens is 282 g/mol. The molecule has 0 radical (unpaired) electrons. The maximum atomic E-state index is 11.7. The van der Waals surface area contributed by atoms with Crippen molar-refractivity contribution in [1.82, 2.24) is 4.98 Å². The summed E-state index contributed by atoms with van der Waals surface area (Å²) in [5.74, 6) is 0.137. The lowest BCUT2D eigenvalue weighted by atomic mass is 10.3. The maximum Gasteiger partial charge on any atom is 0.234 e. The van der Waals surface area contributed by atoms with E-state index in [9.17, 15) is 4.79 Å². The van der Waals surface area contributed by atoms with Gasteiger partial charge >= 0.3 is 0 Å². The summed E-state index contributed by atoms with van der Waals surface area (Å²) in [4.78, 5) is 15.9. The number of pyridine rings is 1. The third-order valence-corrected chi connectivity index (χ3v) is 3.68. The van der Waals surface area contributed by atoms with Crippen molar-refractivity contribution in [3.8, 4) is 0 Å². The molecule has 6 heteroatoms. The predicted molar refractivity (Wildman–Crippen MR) is 79.5 cm³/mol. The summed E-state index contributed by atoms with van der Waals surface area (Å²) in [7, 11) is 0. The van der Waals surface area contributed by atoms with Crippen LogP contribution < -0.4 is 11.1 Å². The largest absolute Gasteiger partial charge is 0.399 e. The van der Waals surface area contributed by atoms with Crippen LogP contribution in [0.25, 0.3) is 0 Å². The van der Waals surface area contributed by atoms with Gasteiger partial charge in [0.15, 0.2) is 0 Å². The van der Waals surface area contributed by atoms with Crippen molar-refractivity contribution in [2.75, 3.05) is 16.8 Å². The number of carbonyl (C=O) groups excluding carboxylic acids is 1. The van der Waals surface area contributed by atoms with Gasteiger partial charge in [-0.25, -0.2) is 4.98 Å². The van der Waals surface area contributed by atoms with Crippen molar-refractivity contribution >= 4 is 40.6 Å². The van der Waals surface area contributed by atoms with Crippen LogP contribution in [0.3, 0.4) is 0 Å². The van der Waals surface area contributed by atoms with E-state index in [0.29, 0.717) is 21.4 Å². The Hall–Kier alpha value is -1.72. The van der Waals surface area contributed by atoms with Gasteiger partial charge in [0, 0.05) is 17.6 Å². The van der Waals surface area contributed by atoms with Crippen LogP contribution in [0.15, 0.2) is 47.6 Å². The summed E-state index contributed by atoms with van der Waals surface area (Å²) in [6, 6.07) is 10.5. The third kappa shape index (κ3) is 4.15. The number of nitrogen functional groups attached to an aromatic ring is 1. The highest BCUT2D eigenvalue weighted by atomic mass is 35.5. The first kappa shape index (κ1) is 13.7. The molecule has 0 atom stereocenters. The van der Waals surface area contributed by atoms with Gasteiger partial charge in [-0.15, -0.1) is 0 Å². The first-order valence-corrected chi connectivity index (χ1v) is 6.90. The molecular formula is C13H12ClN3OS. The lowest BCUT2D eigenvalue weighted by Gasteiger charge is -2.05. The zero-order chi connectivity index (χ0) is 13.7. The summed E-state index contributed by atoms with van der Waals surface area (Å²) in [6.45, 7) is 0. The lowest BCUT2D eigenvalue weighted by molar-refractivity contribution is -0.113. The van der Waals surface area contributed by atoms with Crippen LogP contribution in [-0.4, -0.2) is 16.6 Å². The van der Waals surface area contributed by atoms with Gasteiger partial charge < -0.3 is 11.1 Å². The summed E-state index contributed by atoms with van der Waals surface area (Å²) in [5, 5.41) is 3.97. The van der Waals surface area contributed by atoms with E-state index in [0.717, 1.165) is 0 Å². The molecule has 1 heterocycles. The standard InChI is InChI=1S/C13H12ClN3OS/c14-11-2-1-7-16-13(11)19-8-12(18)17-10-5-3-9(15)4-6-10/h1-7H,8,15H2,(H,17,18). The summed E-state index contributed by atoms with van der Waals surface area (Å²) in [5.41, 5.74) is 6.94. The van der Waals surface area contributed by atoms with Crippen molar-refractivity contribution in [1.29, 1.82) is 0 Å². The molecule has 0 unspecified atom stereocenters. The van der Waals surface area contributed by atoms with Crippen LogP contribution in [0, 0.1) is 0 Å². The minimum absolute atomic E-state index is 0.114. The summed E-state index contributed by atoms with van der Waals surface area (Å²) >= 11 is 7.25. The van der Waals surface area contributed by atoms with Gasteiger partial charge in [-0.1, -0.05) is 23.4 Å². The Balaban J connectivity index is 1.88. The van der Waals surface area contributed by atoms with Crippen molar-refractivity contribution in [2.45, 2.75) is 5.03 Å². The molecule has 0 fully saturated rings. The number of nitrogens with zero attached hydrogens (tertiary/aromatic N) is 1. The molecule has 1 aromatic carbocycles. The van der Waals surface area contributed by atoms with Crippen LogP contribution >= 0.6 is 23.4 Å². The number of rotatable bonds is 4. The zero-order valence-electron chi connectivity index (χ0n) is 9.97. The van der Waals surface area contributed by atoms with Crippen molar-refractivity contribution in [3.63, 3.8) is 0 Å². The number of thioether (sulfide) groups is 1. The van der Waals surface area contributed by atoms with Gasteiger partial charge in [-0.2, -0.15) is 0 Å². The number of halogens is 1. The number of amides is 1. The van der Waals surface area contributed by atoms with E-state index in [2.05, 4.69) is 10.3 Å². The van der Waals surface area contributed by atoms with Crippen LogP contribution in [0.2, 0.25) is 5.02 Å². The predicted octanol–water partition coefficient (Wildman–Crippen LogP) is 3.05. The average Bonchev–Trinajstić information content (AvgIpc) is 2.40. The van der Waals surface area contributed by atoms with Crippen molar-refractivity contribution < 1.29 is 4.79 Å². The monoisotopic (exact) mass is 293 g/mol. The Labute approximate surface area is 120 Å². The molecule has 0 aliphatic heterocycles. The van der Waals surface area contributed by atoms with E-state index < -0.39 is 0 Å². The van der Waals surface area contributed by atoms with Crippen molar-refractivity contribution in [2.24, 2.45) is 0 Å². The fourth-order valence-corrected chi connectivity index (χ4v) is 2.34. The molecule has 4 nitrogen and oxygen atoms in total. The molecule has 0 bridgehead atoms. The second-order valence-corrected chi connectivity index (χ2v) is 5.12. The molecule has 0 saturated carbocycles. The summed E-state index contributed by atoms with van der Waals surface area (Å²) < 4.78 is 0. The lowest BCUT2D eigenvalue weighted by Crippen LogP contribution is -2.14. The van der Waals surface area contributed by atoms with Gasteiger partial charge in [0.25, 0.3) is 0 Å². The van der Waals surface area contributed by atoms with E-state index in [1.54, 1.807) is 42.6 Å². The highest BCUT2D eigenvalue weighted by molar-refractivity contribution is 8.00. The number of benzene rings is 1. The Bertz CT molecular complexity index is 574. The third-order valence-electron chi connectivity index (χ3n) is 2.26. The molecule has 1 amide bonds. The molecule has 0 saturated heterocycles. The highest BCUT2D eigenvalue weighted by Crippen LogP contribution is 2.24. The molecule has 2 rings (SSSR count).